The van der Waals surface area contributed by atoms with Gasteiger partial charge in [0.05, 0.1) is 8.66 Å². The lowest BCUT2D eigenvalue weighted by atomic mass is 9.83. The first-order chi connectivity index (χ1) is 7.70. The molecule has 1 heterocycles. The van der Waals surface area contributed by atoms with Gasteiger partial charge in [0, 0.05) is 12.0 Å². The van der Waals surface area contributed by atoms with E-state index < -0.39 is 0 Å². The summed E-state index contributed by atoms with van der Waals surface area (Å²) in [7, 11) is 2.00. The zero-order valence-electron chi connectivity index (χ0n) is 9.33. The van der Waals surface area contributed by atoms with Gasteiger partial charge in [-0.15, -0.1) is 11.3 Å². The summed E-state index contributed by atoms with van der Waals surface area (Å²) in [5.41, 5.74) is 0. The predicted molar refractivity (Wildman–Crippen MR) is 71.2 cm³/mol. The Kier molecular flexibility index (Phi) is 4.16. The zero-order chi connectivity index (χ0) is 11.5. The summed E-state index contributed by atoms with van der Waals surface area (Å²) in [5.74, 6) is 0.584. The van der Waals surface area contributed by atoms with Crippen LogP contribution in [0.3, 0.4) is 0 Å². The number of thiophene rings is 1. The van der Waals surface area contributed by atoms with E-state index in [2.05, 4.69) is 21.2 Å². The molecule has 0 unspecified atom stereocenters. The first kappa shape index (κ1) is 12.3. The zero-order valence-corrected chi connectivity index (χ0v) is 11.7. The van der Waals surface area contributed by atoms with Crippen molar-refractivity contribution < 1.29 is 4.79 Å². The van der Waals surface area contributed by atoms with Crippen LogP contribution in [0.1, 0.15) is 35.4 Å². The fourth-order valence-electron chi connectivity index (χ4n) is 2.29. The molecule has 88 valence electrons. The molecular formula is C12H16BrNOS. The van der Waals surface area contributed by atoms with Crippen molar-refractivity contribution in [1.82, 2.24) is 5.32 Å². The van der Waals surface area contributed by atoms with Crippen LogP contribution < -0.4 is 5.32 Å². The van der Waals surface area contributed by atoms with Crippen LogP contribution in [-0.2, 0) is 0 Å². The van der Waals surface area contributed by atoms with Crippen molar-refractivity contribution in [3.63, 3.8) is 0 Å². The third kappa shape index (κ3) is 2.73. The van der Waals surface area contributed by atoms with E-state index in [9.17, 15) is 4.79 Å². The molecule has 0 amide bonds. The smallest absolute Gasteiger partial charge is 0.175 e. The topological polar surface area (TPSA) is 29.1 Å². The molecule has 0 aliphatic heterocycles. The first-order valence-corrected chi connectivity index (χ1v) is 7.28. The van der Waals surface area contributed by atoms with Crippen LogP contribution >= 0.6 is 27.3 Å². The van der Waals surface area contributed by atoms with Crippen LogP contribution in [-0.4, -0.2) is 18.9 Å². The molecule has 0 saturated heterocycles. The van der Waals surface area contributed by atoms with E-state index >= 15 is 0 Å². The average Bonchev–Trinajstić information content (AvgIpc) is 2.75. The number of rotatable bonds is 3. The monoisotopic (exact) mass is 301 g/mol. The second kappa shape index (κ2) is 5.43. The van der Waals surface area contributed by atoms with Gasteiger partial charge in [0.15, 0.2) is 5.78 Å². The Bertz CT molecular complexity index is 369. The molecule has 16 heavy (non-hydrogen) atoms. The van der Waals surface area contributed by atoms with Gasteiger partial charge in [-0.3, -0.25) is 4.79 Å². The van der Waals surface area contributed by atoms with Gasteiger partial charge < -0.3 is 5.32 Å². The fourth-order valence-corrected chi connectivity index (χ4v) is 3.70. The van der Waals surface area contributed by atoms with Crippen LogP contribution in [0, 0.1) is 5.92 Å². The summed E-state index contributed by atoms with van der Waals surface area (Å²) in [6, 6.07) is 4.50. The number of hydrogen-bond donors (Lipinski definition) is 1. The number of carbonyl (C=O) groups is 1. The van der Waals surface area contributed by atoms with E-state index in [1.807, 2.05) is 19.2 Å². The van der Waals surface area contributed by atoms with E-state index in [1.54, 1.807) is 11.3 Å². The van der Waals surface area contributed by atoms with Crippen molar-refractivity contribution in [2.75, 3.05) is 7.05 Å². The maximum Gasteiger partial charge on any atom is 0.175 e. The molecule has 1 fully saturated rings. The number of ketones is 1. The Labute approximate surface area is 109 Å². The maximum absolute atomic E-state index is 12.2. The van der Waals surface area contributed by atoms with E-state index in [0.717, 1.165) is 34.3 Å². The van der Waals surface area contributed by atoms with Crippen LogP contribution in [0.5, 0.6) is 0 Å². The van der Waals surface area contributed by atoms with Gasteiger partial charge in [0.1, 0.15) is 0 Å². The van der Waals surface area contributed by atoms with Crippen molar-refractivity contribution in [2.24, 2.45) is 5.92 Å². The van der Waals surface area contributed by atoms with E-state index in [4.69, 9.17) is 0 Å². The van der Waals surface area contributed by atoms with Crippen molar-refractivity contribution in [2.45, 2.75) is 31.7 Å². The van der Waals surface area contributed by atoms with Crippen LogP contribution in [0.4, 0.5) is 0 Å². The van der Waals surface area contributed by atoms with Gasteiger partial charge in [-0.05, 0) is 60.8 Å². The Morgan fingerprint density at radius 1 is 1.38 bits per heavy atom. The van der Waals surface area contributed by atoms with Crippen LogP contribution in [0.25, 0.3) is 0 Å². The van der Waals surface area contributed by atoms with Crippen LogP contribution in [0.15, 0.2) is 15.9 Å². The summed E-state index contributed by atoms with van der Waals surface area (Å²) in [5, 5.41) is 3.29. The summed E-state index contributed by atoms with van der Waals surface area (Å²) in [6.07, 6.45) is 4.30. The number of hydrogen-bond acceptors (Lipinski definition) is 3. The molecule has 1 aromatic heterocycles. The minimum absolute atomic E-state index is 0.246. The lowest BCUT2D eigenvalue weighted by molar-refractivity contribution is 0.0885. The first-order valence-electron chi connectivity index (χ1n) is 5.67. The molecule has 0 bridgehead atoms. The van der Waals surface area contributed by atoms with Crippen molar-refractivity contribution >= 4 is 33.0 Å². The SMILES string of the molecule is CNC1CCC(C(=O)c2ccc(Br)s2)CC1. The maximum atomic E-state index is 12.2. The Morgan fingerprint density at radius 2 is 2.06 bits per heavy atom. The summed E-state index contributed by atoms with van der Waals surface area (Å²) < 4.78 is 1.04. The number of carbonyl (C=O) groups excluding carboxylic acids is 1. The molecule has 2 nitrogen and oxygen atoms in total. The third-order valence-electron chi connectivity index (χ3n) is 3.32. The standard InChI is InChI=1S/C12H16BrNOS/c1-14-9-4-2-8(3-5-9)12(15)10-6-7-11(13)16-10/h6-9,14H,2-5H2,1H3. The molecule has 1 aromatic rings. The van der Waals surface area contributed by atoms with Crippen LogP contribution in [0.2, 0.25) is 0 Å². The molecule has 1 aliphatic rings. The Morgan fingerprint density at radius 3 is 2.56 bits per heavy atom. The number of nitrogens with one attached hydrogen (secondary N) is 1. The second-order valence-electron chi connectivity index (χ2n) is 4.31. The molecule has 4 heteroatoms. The summed E-state index contributed by atoms with van der Waals surface area (Å²) in [6.45, 7) is 0. The Hall–Kier alpha value is -0.190. The molecule has 1 saturated carbocycles. The highest BCUT2D eigenvalue weighted by Crippen LogP contribution is 2.31. The molecule has 1 N–H and O–H groups in total. The van der Waals surface area contributed by atoms with Gasteiger partial charge in [-0.25, -0.2) is 0 Å². The molecule has 0 atom stereocenters. The second-order valence-corrected chi connectivity index (χ2v) is 6.77. The highest BCUT2D eigenvalue weighted by molar-refractivity contribution is 9.11. The lowest BCUT2D eigenvalue weighted by Gasteiger charge is -2.26. The van der Waals surface area contributed by atoms with Crippen molar-refractivity contribution in [1.29, 1.82) is 0 Å². The third-order valence-corrected chi connectivity index (χ3v) is 4.96. The predicted octanol–water partition coefficient (Wildman–Crippen LogP) is 3.47. The summed E-state index contributed by atoms with van der Waals surface area (Å²) in [4.78, 5) is 13.1. The molecular weight excluding hydrogens is 286 g/mol. The molecule has 1 aliphatic carbocycles. The quantitative estimate of drug-likeness (QED) is 0.866. The largest absolute Gasteiger partial charge is 0.317 e. The van der Waals surface area contributed by atoms with E-state index in [1.165, 1.54) is 0 Å². The van der Waals surface area contributed by atoms with E-state index in [-0.39, 0.29) is 5.92 Å². The average molecular weight is 302 g/mol. The molecule has 0 radical (unpaired) electrons. The van der Waals surface area contributed by atoms with E-state index in [0.29, 0.717) is 11.8 Å². The highest BCUT2D eigenvalue weighted by Gasteiger charge is 2.26. The minimum Gasteiger partial charge on any atom is -0.317 e. The normalized spacial score (nSPS) is 25.6. The minimum atomic E-state index is 0.246. The van der Waals surface area contributed by atoms with Gasteiger partial charge in [-0.1, -0.05) is 0 Å². The lowest BCUT2D eigenvalue weighted by Crippen LogP contribution is -2.32. The van der Waals surface area contributed by atoms with Crippen molar-refractivity contribution in [3.8, 4) is 0 Å². The summed E-state index contributed by atoms with van der Waals surface area (Å²) >= 11 is 4.95. The molecule has 0 spiro atoms. The highest BCUT2D eigenvalue weighted by atomic mass is 79.9. The molecule has 0 aromatic carbocycles. The fraction of sp³-hybridized carbons (Fsp3) is 0.583. The number of halogens is 1. The van der Waals surface area contributed by atoms with Gasteiger partial charge in [0.2, 0.25) is 0 Å². The Balaban J connectivity index is 1.96. The number of Topliss-reactive ketones (excluding diaryl/α,β-unsaturated/α-hetero) is 1. The molecule has 2 rings (SSSR count). The van der Waals surface area contributed by atoms with Gasteiger partial charge in [0.25, 0.3) is 0 Å². The van der Waals surface area contributed by atoms with Crippen molar-refractivity contribution in [3.05, 3.63) is 20.8 Å². The van der Waals surface area contributed by atoms with Gasteiger partial charge in [-0.2, -0.15) is 0 Å². The van der Waals surface area contributed by atoms with Gasteiger partial charge >= 0.3 is 0 Å².